The van der Waals surface area contributed by atoms with Crippen molar-refractivity contribution in [2.24, 2.45) is 5.92 Å². The second-order valence-corrected chi connectivity index (χ2v) is 8.73. The minimum Gasteiger partial charge on any atom is -0.444 e. The molecule has 2 saturated heterocycles. The van der Waals surface area contributed by atoms with Crippen LogP contribution in [-0.4, -0.2) is 66.4 Å². The number of piperidine rings is 2. The minimum absolute atomic E-state index is 0. The topological polar surface area (TPSA) is 42.0 Å². The Labute approximate surface area is 158 Å². The maximum atomic E-state index is 12.2. The van der Waals surface area contributed by atoms with E-state index in [1.54, 1.807) is 0 Å². The van der Waals surface area contributed by atoms with Gasteiger partial charge in [0.15, 0.2) is 0 Å². The molecule has 0 spiro atoms. The van der Waals surface area contributed by atoms with E-state index in [9.17, 15) is 4.79 Å². The molecule has 2 aliphatic heterocycles. The Morgan fingerprint density at radius 3 is 2.32 bits per heavy atom. The number of nitrogens with zero attached hydrogens (tertiary/aromatic N) is 2. The molecule has 1 saturated carbocycles. The molecule has 3 rings (SSSR count). The van der Waals surface area contributed by atoms with Gasteiger partial charge in [0.25, 0.3) is 0 Å². The molecule has 2 heterocycles. The van der Waals surface area contributed by atoms with Crippen molar-refractivity contribution in [2.75, 3.05) is 32.8 Å². The normalized spacial score (nSPS) is 26.2. The SMILES string of the molecule is CC(C)(C)OC(=O)N1CCC(N2CCCC(OCC3CC3)C2)CC1.Cl. The average Bonchev–Trinajstić information content (AvgIpc) is 3.36. The Kier molecular flexibility index (Phi) is 7.41. The highest BCUT2D eigenvalue weighted by molar-refractivity contribution is 5.85. The highest BCUT2D eigenvalue weighted by atomic mass is 35.5. The lowest BCUT2D eigenvalue weighted by Crippen LogP contribution is -2.51. The summed E-state index contributed by atoms with van der Waals surface area (Å²) in [4.78, 5) is 16.6. The van der Waals surface area contributed by atoms with Gasteiger partial charge in [-0.05, 0) is 71.8 Å². The standard InChI is InChI=1S/C19H34N2O3.ClH/c1-19(2,3)24-18(22)20-11-8-16(9-12-20)21-10-4-5-17(13-21)23-14-15-6-7-15;/h15-17H,4-14H2,1-3H3;1H. The number of rotatable bonds is 4. The largest absolute Gasteiger partial charge is 0.444 e. The molecule has 146 valence electrons. The Balaban J connectivity index is 0.00000225. The van der Waals surface area contributed by atoms with E-state index in [0.29, 0.717) is 12.1 Å². The maximum Gasteiger partial charge on any atom is 0.410 e. The molecule has 3 aliphatic rings. The van der Waals surface area contributed by atoms with Gasteiger partial charge in [0, 0.05) is 32.3 Å². The van der Waals surface area contributed by atoms with Gasteiger partial charge in [0.05, 0.1) is 6.10 Å². The Morgan fingerprint density at radius 2 is 1.72 bits per heavy atom. The third kappa shape index (κ3) is 6.61. The fourth-order valence-corrected chi connectivity index (χ4v) is 3.73. The van der Waals surface area contributed by atoms with E-state index in [0.717, 1.165) is 45.0 Å². The highest BCUT2D eigenvalue weighted by Crippen LogP contribution is 2.30. The molecule has 1 aliphatic carbocycles. The first-order valence-electron chi connectivity index (χ1n) is 9.74. The monoisotopic (exact) mass is 374 g/mol. The van der Waals surface area contributed by atoms with Crippen LogP contribution >= 0.6 is 12.4 Å². The van der Waals surface area contributed by atoms with Crippen molar-refractivity contribution in [3.8, 4) is 0 Å². The van der Waals surface area contributed by atoms with Crippen LogP contribution < -0.4 is 0 Å². The van der Waals surface area contributed by atoms with Crippen molar-refractivity contribution in [3.05, 3.63) is 0 Å². The van der Waals surface area contributed by atoms with E-state index >= 15 is 0 Å². The summed E-state index contributed by atoms with van der Waals surface area (Å²) in [5, 5.41) is 0. The number of likely N-dealkylation sites (tertiary alicyclic amines) is 2. The van der Waals surface area contributed by atoms with Gasteiger partial charge in [-0.15, -0.1) is 12.4 Å². The second-order valence-electron chi connectivity index (χ2n) is 8.73. The lowest BCUT2D eigenvalue weighted by Gasteiger charge is -2.42. The molecular weight excluding hydrogens is 340 g/mol. The number of carbonyl (C=O) groups is 1. The van der Waals surface area contributed by atoms with Gasteiger partial charge in [-0.2, -0.15) is 0 Å². The van der Waals surface area contributed by atoms with Crippen LogP contribution in [0.25, 0.3) is 0 Å². The van der Waals surface area contributed by atoms with Gasteiger partial charge in [0.1, 0.15) is 5.60 Å². The first kappa shape index (κ1) is 20.8. The molecule has 6 heteroatoms. The molecule has 1 atom stereocenters. The molecule has 0 aromatic carbocycles. The van der Waals surface area contributed by atoms with Gasteiger partial charge in [-0.1, -0.05) is 0 Å². The molecule has 0 bridgehead atoms. The highest BCUT2D eigenvalue weighted by Gasteiger charge is 2.32. The predicted molar refractivity (Wildman–Crippen MR) is 101 cm³/mol. The summed E-state index contributed by atoms with van der Waals surface area (Å²) in [5.41, 5.74) is -0.410. The number of amides is 1. The molecular formula is C19H35ClN2O3. The Hall–Kier alpha value is -0.520. The summed E-state index contributed by atoms with van der Waals surface area (Å²) in [5.74, 6) is 0.845. The minimum atomic E-state index is -0.410. The fraction of sp³-hybridized carbons (Fsp3) is 0.947. The number of halogens is 1. The van der Waals surface area contributed by atoms with Gasteiger partial charge < -0.3 is 14.4 Å². The molecule has 25 heavy (non-hydrogen) atoms. The predicted octanol–water partition coefficient (Wildman–Crippen LogP) is 3.70. The van der Waals surface area contributed by atoms with Crippen LogP contribution in [0, 0.1) is 5.92 Å². The second kappa shape index (κ2) is 8.92. The summed E-state index contributed by atoms with van der Waals surface area (Å²) in [7, 11) is 0. The first-order chi connectivity index (χ1) is 11.4. The zero-order valence-corrected chi connectivity index (χ0v) is 16.9. The summed E-state index contributed by atoms with van der Waals surface area (Å²) >= 11 is 0. The van der Waals surface area contributed by atoms with Crippen LogP contribution in [0.4, 0.5) is 4.79 Å². The molecule has 5 nitrogen and oxygen atoms in total. The summed E-state index contributed by atoms with van der Waals surface area (Å²) < 4.78 is 11.6. The number of carbonyl (C=O) groups excluding carboxylic acids is 1. The van der Waals surface area contributed by atoms with E-state index < -0.39 is 5.60 Å². The van der Waals surface area contributed by atoms with Crippen LogP contribution in [0.1, 0.15) is 59.3 Å². The van der Waals surface area contributed by atoms with E-state index in [2.05, 4.69) is 4.90 Å². The molecule has 3 fully saturated rings. The molecule has 1 unspecified atom stereocenters. The summed E-state index contributed by atoms with van der Waals surface area (Å²) in [6.07, 6.45) is 7.53. The lowest BCUT2D eigenvalue weighted by molar-refractivity contribution is -0.0281. The molecule has 0 radical (unpaired) electrons. The van der Waals surface area contributed by atoms with E-state index in [4.69, 9.17) is 9.47 Å². The summed E-state index contributed by atoms with van der Waals surface area (Å²) in [6.45, 7) is 10.6. The van der Waals surface area contributed by atoms with Crippen molar-refractivity contribution in [3.63, 3.8) is 0 Å². The quantitative estimate of drug-likeness (QED) is 0.752. The lowest BCUT2D eigenvalue weighted by atomic mass is 9.99. The van der Waals surface area contributed by atoms with Crippen LogP contribution in [-0.2, 0) is 9.47 Å². The van der Waals surface area contributed by atoms with E-state index in [-0.39, 0.29) is 18.5 Å². The van der Waals surface area contributed by atoms with Crippen LogP contribution in [0.5, 0.6) is 0 Å². The van der Waals surface area contributed by atoms with Crippen LogP contribution in [0.2, 0.25) is 0 Å². The molecule has 0 N–H and O–H groups in total. The van der Waals surface area contributed by atoms with Crippen LogP contribution in [0.3, 0.4) is 0 Å². The van der Waals surface area contributed by atoms with E-state index in [1.165, 1.54) is 32.2 Å². The molecule has 1 amide bonds. The van der Waals surface area contributed by atoms with Gasteiger partial charge in [-0.3, -0.25) is 4.90 Å². The van der Waals surface area contributed by atoms with Crippen molar-refractivity contribution >= 4 is 18.5 Å². The molecule has 0 aromatic rings. The average molecular weight is 375 g/mol. The first-order valence-corrected chi connectivity index (χ1v) is 9.74. The number of hydrogen-bond acceptors (Lipinski definition) is 4. The van der Waals surface area contributed by atoms with Crippen molar-refractivity contribution < 1.29 is 14.3 Å². The van der Waals surface area contributed by atoms with Crippen LogP contribution in [0.15, 0.2) is 0 Å². The van der Waals surface area contributed by atoms with Crippen molar-refractivity contribution in [2.45, 2.75) is 77.0 Å². The number of ether oxygens (including phenoxy) is 2. The number of hydrogen-bond donors (Lipinski definition) is 0. The van der Waals surface area contributed by atoms with Gasteiger partial charge >= 0.3 is 6.09 Å². The van der Waals surface area contributed by atoms with Gasteiger partial charge in [0.2, 0.25) is 0 Å². The smallest absolute Gasteiger partial charge is 0.410 e. The van der Waals surface area contributed by atoms with Crippen molar-refractivity contribution in [1.29, 1.82) is 0 Å². The molecule has 0 aromatic heterocycles. The zero-order chi connectivity index (χ0) is 17.2. The van der Waals surface area contributed by atoms with E-state index in [1.807, 2.05) is 25.7 Å². The van der Waals surface area contributed by atoms with Crippen molar-refractivity contribution in [1.82, 2.24) is 9.80 Å². The zero-order valence-electron chi connectivity index (χ0n) is 16.0. The Morgan fingerprint density at radius 1 is 1.04 bits per heavy atom. The summed E-state index contributed by atoms with van der Waals surface area (Å²) in [6, 6.07) is 0.594. The maximum absolute atomic E-state index is 12.2. The Bertz CT molecular complexity index is 429. The third-order valence-electron chi connectivity index (χ3n) is 5.31. The van der Waals surface area contributed by atoms with Gasteiger partial charge in [-0.25, -0.2) is 4.79 Å². The third-order valence-corrected chi connectivity index (χ3v) is 5.31. The fourth-order valence-electron chi connectivity index (χ4n) is 3.73.